The summed E-state index contributed by atoms with van der Waals surface area (Å²) in [5.74, 6) is 0.136. The molecule has 0 spiro atoms. The van der Waals surface area contributed by atoms with Crippen LogP contribution in [-0.4, -0.2) is 39.2 Å². The summed E-state index contributed by atoms with van der Waals surface area (Å²) in [5, 5.41) is 5.05. The molecular formula is C26H26N4O2S. The van der Waals surface area contributed by atoms with Gasteiger partial charge in [-0.2, -0.15) is 0 Å². The maximum absolute atomic E-state index is 12.8. The number of aryl methyl sites for hydroxylation is 1. The Bertz CT molecular complexity index is 1210. The highest BCUT2D eigenvalue weighted by molar-refractivity contribution is 7.15. The van der Waals surface area contributed by atoms with Crippen LogP contribution in [0.1, 0.15) is 24.8 Å². The lowest BCUT2D eigenvalue weighted by molar-refractivity contribution is -0.134. The third kappa shape index (κ3) is 4.98. The quantitative estimate of drug-likeness (QED) is 0.448. The predicted octanol–water partition coefficient (Wildman–Crippen LogP) is 4.87. The van der Waals surface area contributed by atoms with Crippen molar-refractivity contribution in [2.45, 2.75) is 25.7 Å². The molecule has 4 aromatic rings. The maximum atomic E-state index is 12.8. The molecule has 33 heavy (non-hydrogen) atoms. The third-order valence-corrected chi connectivity index (χ3v) is 7.00. The van der Waals surface area contributed by atoms with E-state index in [1.807, 2.05) is 81.7 Å². The molecule has 1 fully saturated rings. The Morgan fingerprint density at radius 1 is 1.03 bits per heavy atom. The zero-order valence-corrected chi connectivity index (χ0v) is 19.1. The number of carbonyl (C=O) groups excluding carboxylic acids is 2. The average molecular weight is 459 g/mol. The standard InChI is InChI=1S/C26H26N4O2S/c31-24(11-6-19-4-2-1-3-5-19)29-14-12-21(13-15-29)25(32)27-22-9-7-20(8-10-22)23-18-30-16-17-33-26(30)28-23/h1-5,7-10,16-18,21H,6,11-15H2,(H,27,32). The topological polar surface area (TPSA) is 66.7 Å². The Morgan fingerprint density at radius 2 is 1.79 bits per heavy atom. The molecule has 3 heterocycles. The van der Waals surface area contributed by atoms with Gasteiger partial charge >= 0.3 is 0 Å². The van der Waals surface area contributed by atoms with Gasteiger partial charge in [-0.05, 0) is 37.0 Å². The van der Waals surface area contributed by atoms with E-state index in [-0.39, 0.29) is 17.7 Å². The molecule has 0 unspecified atom stereocenters. The van der Waals surface area contributed by atoms with E-state index in [0.29, 0.717) is 32.4 Å². The SMILES string of the molecule is O=C(Nc1ccc(-c2cn3ccsc3n2)cc1)C1CCN(C(=O)CCc2ccccc2)CC1. The van der Waals surface area contributed by atoms with E-state index in [1.54, 1.807) is 11.3 Å². The summed E-state index contributed by atoms with van der Waals surface area (Å²) in [6.45, 7) is 1.28. The van der Waals surface area contributed by atoms with E-state index >= 15 is 0 Å². The van der Waals surface area contributed by atoms with Crippen LogP contribution in [0.2, 0.25) is 0 Å². The number of hydrogen-bond acceptors (Lipinski definition) is 4. The number of rotatable bonds is 6. The smallest absolute Gasteiger partial charge is 0.227 e. The Kier molecular flexibility index (Phi) is 6.21. The zero-order valence-electron chi connectivity index (χ0n) is 18.3. The van der Waals surface area contributed by atoms with Crippen molar-refractivity contribution in [3.05, 3.63) is 77.9 Å². The molecule has 1 aliphatic rings. The van der Waals surface area contributed by atoms with Crippen LogP contribution >= 0.6 is 11.3 Å². The highest BCUT2D eigenvalue weighted by atomic mass is 32.1. The van der Waals surface area contributed by atoms with Crippen molar-refractivity contribution >= 4 is 33.8 Å². The molecule has 0 aliphatic carbocycles. The third-order valence-electron chi connectivity index (χ3n) is 6.23. The van der Waals surface area contributed by atoms with Crippen molar-refractivity contribution < 1.29 is 9.59 Å². The molecule has 7 heteroatoms. The second-order valence-corrected chi connectivity index (χ2v) is 9.30. The first-order valence-electron chi connectivity index (χ1n) is 11.3. The van der Waals surface area contributed by atoms with Crippen LogP contribution in [0.4, 0.5) is 5.69 Å². The lowest BCUT2D eigenvalue weighted by atomic mass is 9.95. The largest absolute Gasteiger partial charge is 0.343 e. The summed E-state index contributed by atoms with van der Waals surface area (Å²) in [4.78, 5) is 32.8. The maximum Gasteiger partial charge on any atom is 0.227 e. The van der Waals surface area contributed by atoms with Gasteiger partial charge in [0, 0.05) is 54.5 Å². The van der Waals surface area contributed by atoms with Crippen LogP contribution in [-0.2, 0) is 16.0 Å². The highest BCUT2D eigenvalue weighted by Crippen LogP contribution is 2.24. The van der Waals surface area contributed by atoms with Crippen LogP contribution in [0, 0.1) is 5.92 Å². The van der Waals surface area contributed by atoms with E-state index in [2.05, 4.69) is 10.3 Å². The number of anilines is 1. The number of piperidine rings is 1. The second-order valence-electron chi connectivity index (χ2n) is 8.43. The monoisotopic (exact) mass is 458 g/mol. The van der Waals surface area contributed by atoms with Crippen molar-refractivity contribution in [2.24, 2.45) is 5.92 Å². The number of benzene rings is 2. The lowest BCUT2D eigenvalue weighted by Gasteiger charge is -2.31. The first-order chi connectivity index (χ1) is 16.2. The Morgan fingerprint density at radius 3 is 2.52 bits per heavy atom. The minimum Gasteiger partial charge on any atom is -0.343 e. The lowest BCUT2D eigenvalue weighted by Crippen LogP contribution is -2.41. The summed E-state index contributed by atoms with van der Waals surface area (Å²) in [6, 6.07) is 17.9. The first kappa shape index (κ1) is 21.4. The Balaban J connectivity index is 1.10. The van der Waals surface area contributed by atoms with Crippen LogP contribution in [0.3, 0.4) is 0 Å². The minimum atomic E-state index is -0.0669. The fraction of sp³-hybridized carbons (Fsp3) is 0.269. The van der Waals surface area contributed by atoms with Gasteiger partial charge in [-0.1, -0.05) is 42.5 Å². The van der Waals surface area contributed by atoms with Gasteiger partial charge in [-0.25, -0.2) is 4.98 Å². The molecule has 0 radical (unpaired) electrons. The Labute approximate surface area is 196 Å². The van der Waals surface area contributed by atoms with Crippen molar-refractivity contribution in [1.29, 1.82) is 0 Å². The number of nitrogens with one attached hydrogen (secondary N) is 1. The molecule has 5 rings (SSSR count). The number of imidazole rings is 1. The summed E-state index contributed by atoms with van der Waals surface area (Å²) in [7, 11) is 0. The second kappa shape index (κ2) is 9.58. The first-order valence-corrected chi connectivity index (χ1v) is 12.2. The summed E-state index contributed by atoms with van der Waals surface area (Å²) < 4.78 is 2.01. The molecule has 2 amide bonds. The molecule has 1 aliphatic heterocycles. The number of fused-ring (bicyclic) bond motifs is 1. The summed E-state index contributed by atoms with van der Waals surface area (Å²) >= 11 is 1.60. The Hall–Kier alpha value is -3.45. The van der Waals surface area contributed by atoms with Gasteiger partial charge in [0.15, 0.2) is 4.96 Å². The van der Waals surface area contributed by atoms with Gasteiger partial charge in [-0.15, -0.1) is 11.3 Å². The zero-order chi connectivity index (χ0) is 22.6. The van der Waals surface area contributed by atoms with Crippen LogP contribution < -0.4 is 5.32 Å². The van der Waals surface area contributed by atoms with Gasteiger partial charge < -0.3 is 10.2 Å². The van der Waals surface area contributed by atoms with E-state index in [4.69, 9.17) is 0 Å². The van der Waals surface area contributed by atoms with Crippen molar-refractivity contribution in [3.8, 4) is 11.3 Å². The highest BCUT2D eigenvalue weighted by Gasteiger charge is 2.27. The van der Waals surface area contributed by atoms with E-state index in [1.165, 1.54) is 5.56 Å². The molecular weight excluding hydrogens is 432 g/mol. The molecule has 0 saturated carbocycles. The number of aromatic nitrogens is 2. The van der Waals surface area contributed by atoms with Gasteiger partial charge in [0.05, 0.1) is 5.69 Å². The predicted molar refractivity (Wildman–Crippen MR) is 131 cm³/mol. The molecule has 6 nitrogen and oxygen atoms in total. The van der Waals surface area contributed by atoms with Gasteiger partial charge in [0.1, 0.15) is 0 Å². The van der Waals surface area contributed by atoms with Crippen molar-refractivity contribution in [1.82, 2.24) is 14.3 Å². The van der Waals surface area contributed by atoms with Crippen LogP contribution in [0.25, 0.3) is 16.2 Å². The van der Waals surface area contributed by atoms with Crippen LogP contribution in [0.15, 0.2) is 72.4 Å². The number of hydrogen-bond donors (Lipinski definition) is 1. The van der Waals surface area contributed by atoms with Crippen LogP contribution in [0.5, 0.6) is 0 Å². The molecule has 0 atom stereocenters. The fourth-order valence-electron chi connectivity index (χ4n) is 4.28. The van der Waals surface area contributed by atoms with Crippen molar-refractivity contribution in [2.75, 3.05) is 18.4 Å². The average Bonchev–Trinajstić information content (AvgIpc) is 3.46. The van der Waals surface area contributed by atoms with Gasteiger partial charge in [-0.3, -0.25) is 14.0 Å². The number of nitrogens with zero attached hydrogens (tertiary/aromatic N) is 3. The van der Waals surface area contributed by atoms with E-state index in [0.717, 1.165) is 28.3 Å². The van der Waals surface area contributed by atoms with Gasteiger partial charge in [0.25, 0.3) is 0 Å². The molecule has 0 bridgehead atoms. The van der Waals surface area contributed by atoms with Gasteiger partial charge in [0.2, 0.25) is 11.8 Å². The number of amides is 2. The summed E-state index contributed by atoms with van der Waals surface area (Å²) in [6.07, 6.45) is 6.68. The van der Waals surface area contributed by atoms with E-state index in [9.17, 15) is 9.59 Å². The van der Waals surface area contributed by atoms with Crippen molar-refractivity contribution in [3.63, 3.8) is 0 Å². The number of thiazole rings is 1. The number of carbonyl (C=O) groups is 2. The molecule has 1 saturated heterocycles. The molecule has 168 valence electrons. The molecule has 1 N–H and O–H groups in total. The molecule has 2 aromatic carbocycles. The molecule has 2 aromatic heterocycles. The minimum absolute atomic E-state index is 0.0293. The fourth-order valence-corrected chi connectivity index (χ4v) is 4.98. The number of likely N-dealkylation sites (tertiary alicyclic amines) is 1. The van der Waals surface area contributed by atoms with E-state index < -0.39 is 0 Å². The summed E-state index contributed by atoms with van der Waals surface area (Å²) in [5.41, 5.74) is 3.90. The normalized spacial score (nSPS) is 14.5.